The smallest absolute Gasteiger partial charge is 0.549 e. The number of thiocarbonyl (C=S) groups is 1. The van der Waals surface area contributed by atoms with Crippen LogP contribution in [0, 0.1) is 0 Å². The van der Waals surface area contributed by atoms with E-state index in [1.807, 2.05) is 0 Å². The SMILES string of the molecule is CCCCCCCCCCCCSC(=S)SC(C)(C)C(=O)[O-].[Na+]. The fraction of sp³-hybridized carbons (Fsp3) is 0.882. The van der Waals surface area contributed by atoms with Crippen molar-refractivity contribution in [2.45, 2.75) is 89.7 Å². The van der Waals surface area contributed by atoms with E-state index in [0.717, 1.165) is 12.2 Å². The van der Waals surface area contributed by atoms with E-state index >= 15 is 0 Å². The number of thioether (sulfide) groups is 2. The Labute approximate surface area is 179 Å². The molecule has 0 aliphatic heterocycles. The van der Waals surface area contributed by atoms with Crippen molar-refractivity contribution >= 4 is 45.2 Å². The molecular weight excluding hydrogens is 355 g/mol. The summed E-state index contributed by atoms with van der Waals surface area (Å²) in [4.78, 5) is 10.9. The predicted molar refractivity (Wildman–Crippen MR) is 104 cm³/mol. The van der Waals surface area contributed by atoms with Crippen LogP contribution in [0.1, 0.15) is 85.0 Å². The zero-order valence-electron chi connectivity index (χ0n) is 15.3. The van der Waals surface area contributed by atoms with Gasteiger partial charge in [0.2, 0.25) is 0 Å². The molecule has 0 N–H and O–H groups in total. The van der Waals surface area contributed by atoms with Crippen LogP contribution in [0.4, 0.5) is 0 Å². The molecule has 2 nitrogen and oxygen atoms in total. The van der Waals surface area contributed by atoms with Gasteiger partial charge in [0.15, 0.2) is 0 Å². The normalized spacial score (nSPS) is 11.1. The van der Waals surface area contributed by atoms with Crippen LogP contribution in [0.3, 0.4) is 0 Å². The van der Waals surface area contributed by atoms with Gasteiger partial charge in [-0.1, -0.05) is 88.7 Å². The Morgan fingerprint density at radius 2 is 1.39 bits per heavy atom. The summed E-state index contributed by atoms with van der Waals surface area (Å²) in [6.07, 6.45) is 13.3. The first kappa shape index (κ1) is 26.5. The number of rotatable bonds is 13. The van der Waals surface area contributed by atoms with E-state index < -0.39 is 10.7 Å². The summed E-state index contributed by atoms with van der Waals surface area (Å²) in [5.41, 5.74) is 0. The molecule has 6 heteroatoms. The van der Waals surface area contributed by atoms with Crippen LogP contribution in [0.25, 0.3) is 0 Å². The van der Waals surface area contributed by atoms with Gasteiger partial charge in [0.1, 0.15) is 3.53 Å². The first-order valence-corrected chi connectivity index (χ1v) is 10.7. The Hall–Kier alpha value is 1.26. The van der Waals surface area contributed by atoms with Crippen molar-refractivity contribution in [1.82, 2.24) is 0 Å². The van der Waals surface area contributed by atoms with Crippen LogP contribution in [0.5, 0.6) is 0 Å². The van der Waals surface area contributed by atoms with Gasteiger partial charge < -0.3 is 9.90 Å². The van der Waals surface area contributed by atoms with Crippen LogP contribution >= 0.6 is 35.7 Å². The Balaban J connectivity index is 0. The van der Waals surface area contributed by atoms with Crippen molar-refractivity contribution in [3.63, 3.8) is 0 Å². The van der Waals surface area contributed by atoms with Crippen LogP contribution in [-0.2, 0) is 4.79 Å². The number of carbonyl (C=O) groups excluding carboxylic acids is 1. The number of hydrogen-bond donors (Lipinski definition) is 0. The molecule has 0 aliphatic rings. The van der Waals surface area contributed by atoms with Crippen molar-refractivity contribution in [3.8, 4) is 0 Å². The van der Waals surface area contributed by atoms with Gasteiger partial charge in [-0.15, -0.1) is 11.8 Å². The summed E-state index contributed by atoms with van der Waals surface area (Å²) >= 11 is 8.05. The minimum Gasteiger partial charge on any atom is -0.549 e. The molecular formula is C17H31NaO2S3. The van der Waals surface area contributed by atoms with Crippen molar-refractivity contribution in [2.75, 3.05) is 5.75 Å². The zero-order chi connectivity index (χ0) is 16.8. The van der Waals surface area contributed by atoms with Gasteiger partial charge in [0.05, 0.1) is 10.7 Å². The second kappa shape index (κ2) is 16.7. The maximum Gasteiger partial charge on any atom is 1.00 e. The molecule has 0 aliphatic carbocycles. The first-order chi connectivity index (χ1) is 10.4. The molecule has 0 spiro atoms. The molecule has 0 fully saturated rings. The van der Waals surface area contributed by atoms with E-state index in [4.69, 9.17) is 12.2 Å². The number of carbonyl (C=O) groups is 1. The van der Waals surface area contributed by atoms with Crippen LogP contribution in [-0.4, -0.2) is 20.0 Å². The number of aliphatic carboxylic acids is 1. The summed E-state index contributed by atoms with van der Waals surface area (Å²) in [5.74, 6) is -0.0646. The van der Waals surface area contributed by atoms with Gasteiger partial charge in [-0.3, -0.25) is 0 Å². The second-order valence-electron chi connectivity index (χ2n) is 6.18. The molecule has 0 heterocycles. The number of unbranched alkanes of at least 4 members (excludes halogenated alkanes) is 9. The van der Waals surface area contributed by atoms with Gasteiger partial charge >= 0.3 is 29.6 Å². The molecule has 130 valence electrons. The van der Waals surface area contributed by atoms with E-state index in [-0.39, 0.29) is 29.6 Å². The Kier molecular flexibility index (Phi) is 19.2. The fourth-order valence-electron chi connectivity index (χ4n) is 2.02. The molecule has 0 atom stereocenters. The first-order valence-electron chi connectivity index (χ1n) is 8.47. The standard InChI is InChI=1S/C17H32O2S3.Na/c1-4-5-6-7-8-9-10-11-12-13-14-21-16(20)22-17(2,3)15(18)19;/h4-14H2,1-3H3,(H,18,19);/q;+1/p-1. The maximum atomic E-state index is 10.9. The van der Waals surface area contributed by atoms with E-state index in [0.29, 0.717) is 3.53 Å². The Bertz CT molecular complexity index is 323. The van der Waals surface area contributed by atoms with Crippen molar-refractivity contribution in [1.29, 1.82) is 0 Å². The Morgan fingerprint density at radius 3 is 1.83 bits per heavy atom. The average molecular weight is 387 g/mol. The topological polar surface area (TPSA) is 40.1 Å². The van der Waals surface area contributed by atoms with E-state index in [1.165, 1.54) is 69.5 Å². The van der Waals surface area contributed by atoms with Gasteiger partial charge in [-0.2, -0.15) is 0 Å². The van der Waals surface area contributed by atoms with Gasteiger partial charge in [-0.05, 0) is 26.0 Å². The third-order valence-electron chi connectivity index (χ3n) is 3.55. The fourth-order valence-corrected chi connectivity index (χ4v) is 5.03. The average Bonchev–Trinajstić information content (AvgIpc) is 2.44. The molecule has 0 saturated heterocycles. The minimum absolute atomic E-state index is 0. The van der Waals surface area contributed by atoms with Gasteiger partial charge in [0.25, 0.3) is 0 Å². The summed E-state index contributed by atoms with van der Waals surface area (Å²) in [7, 11) is 0. The van der Waals surface area contributed by atoms with Crippen LogP contribution < -0.4 is 34.7 Å². The monoisotopic (exact) mass is 386 g/mol. The molecule has 0 radical (unpaired) electrons. The zero-order valence-corrected chi connectivity index (χ0v) is 19.8. The largest absolute Gasteiger partial charge is 1.00 e. The third-order valence-corrected chi connectivity index (χ3v) is 6.33. The summed E-state index contributed by atoms with van der Waals surface area (Å²) in [5, 5.41) is 10.9. The van der Waals surface area contributed by atoms with Crippen LogP contribution in [0.2, 0.25) is 0 Å². The van der Waals surface area contributed by atoms with Crippen LogP contribution in [0.15, 0.2) is 0 Å². The molecule has 23 heavy (non-hydrogen) atoms. The molecule has 0 unspecified atom stereocenters. The van der Waals surface area contributed by atoms with Crippen molar-refractivity contribution in [3.05, 3.63) is 0 Å². The molecule has 0 aromatic carbocycles. The third kappa shape index (κ3) is 16.5. The number of carboxylic acids is 1. The van der Waals surface area contributed by atoms with Gasteiger partial charge in [0, 0.05) is 0 Å². The van der Waals surface area contributed by atoms with Crippen molar-refractivity contribution < 1.29 is 39.5 Å². The molecule has 0 amide bonds. The molecule has 0 aromatic rings. The summed E-state index contributed by atoms with van der Waals surface area (Å²) < 4.78 is -0.216. The molecule has 0 saturated carbocycles. The molecule has 0 rings (SSSR count). The predicted octanol–water partition coefficient (Wildman–Crippen LogP) is 2.19. The van der Waals surface area contributed by atoms with E-state index in [1.54, 1.807) is 25.6 Å². The quantitative estimate of drug-likeness (QED) is 0.276. The summed E-state index contributed by atoms with van der Waals surface area (Å²) in [6, 6.07) is 0. The second-order valence-corrected chi connectivity index (χ2v) is 10.1. The number of carboxylic acid groups (broad SMARTS) is 1. The van der Waals surface area contributed by atoms with E-state index in [2.05, 4.69) is 6.92 Å². The molecule has 0 aromatic heterocycles. The molecule has 0 bridgehead atoms. The summed E-state index contributed by atoms with van der Waals surface area (Å²) in [6.45, 7) is 5.53. The number of hydrogen-bond acceptors (Lipinski definition) is 5. The Morgan fingerprint density at radius 1 is 0.957 bits per heavy atom. The maximum absolute atomic E-state index is 10.9. The van der Waals surface area contributed by atoms with Crippen molar-refractivity contribution in [2.24, 2.45) is 0 Å². The minimum atomic E-state index is -1.06. The van der Waals surface area contributed by atoms with Gasteiger partial charge in [-0.25, -0.2) is 0 Å². The van der Waals surface area contributed by atoms with E-state index in [9.17, 15) is 9.90 Å².